The van der Waals surface area contributed by atoms with Crippen LogP contribution in [0.3, 0.4) is 0 Å². The Kier molecular flexibility index (Phi) is 5.34. The van der Waals surface area contributed by atoms with Crippen LogP contribution in [0.1, 0.15) is 30.7 Å². The van der Waals surface area contributed by atoms with Crippen molar-refractivity contribution in [2.45, 2.75) is 34.2 Å². The summed E-state index contributed by atoms with van der Waals surface area (Å²) in [7, 11) is 0. The van der Waals surface area contributed by atoms with Gasteiger partial charge in [0.1, 0.15) is 11.5 Å². The van der Waals surface area contributed by atoms with Crippen LogP contribution in [0.25, 0.3) is 0 Å². The van der Waals surface area contributed by atoms with Crippen molar-refractivity contribution in [3.63, 3.8) is 0 Å². The number of aromatic nitrogens is 1. The van der Waals surface area contributed by atoms with Crippen molar-refractivity contribution in [1.29, 1.82) is 0 Å². The van der Waals surface area contributed by atoms with Crippen molar-refractivity contribution in [3.8, 4) is 11.5 Å². The molecule has 3 heteroatoms. The Balaban J connectivity index is 2.17. The normalized spacial score (nSPS) is 10.9. The van der Waals surface area contributed by atoms with Gasteiger partial charge in [0.2, 0.25) is 0 Å². The molecule has 1 aromatic heterocycles. The molecular weight excluding hydrogens is 260 g/mol. The topological polar surface area (TPSA) is 34.1 Å². The fraction of sp³-hybridized carbons (Fsp3) is 0.389. The summed E-state index contributed by atoms with van der Waals surface area (Å²) in [6.45, 7) is 10.2. The van der Waals surface area contributed by atoms with Crippen LogP contribution in [0.4, 0.5) is 0 Å². The van der Waals surface area contributed by atoms with Crippen LogP contribution in [-0.2, 0) is 6.54 Å². The molecule has 0 unspecified atom stereocenters. The molecule has 0 fully saturated rings. The maximum atomic E-state index is 6.10. The fourth-order valence-corrected chi connectivity index (χ4v) is 2.08. The minimum Gasteiger partial charge on any atom is -0.457 e. The lowest BCUT2D eigenvalue weighted by molar-refractivity contribution is 0.464. The standard InChI is InChI=1S/C18H24N2O/c1-13(2)10-19-11-16-12-20-15(4)9-18(16)21-17-8-6-5-7-14(17)3/h5-9,12-13,19H,10-11H2,1-4H3. The zero-order valence-electron chi connectivity index (χ0n) is 13.3. The molecule has 1 N–H and O–H groups in total. The largest absolute Gasteiger partial charge is 0.457 e. The number of pyridine rings is 1. The molecule has 112 valence electrons. The van der Waals surface area contributed by atoms with Crippen molar-refractivity contribution in [2.75, 3.05) is 6.54 Å². The zero-order chi connectivity index (χ0) is 15.2. The Morgan fingerprint density at radius 1 is 1.14 bits per heavy atom. The number of benzene rings is 1. The van der Waals surface area contributed by atoms with E-state index in [1.165, 1.54) is 0 Å². The van der Waals surface area contributed by atoms with Gasteiger partial charge in [0, 0.05) is 30.1 Å². The smallest absolute Gasteiger partial charge is 0.135 e. The Hall–Kier alpha value is -1.87. The fourth-order valence-electron chi connectivity index (χ4n) is 2.08. The van der Waals surface area contributed by atoms with Gasteiger partial charge in [-0.25, -0.2) is 0 Å². The van der Waals surface area contributed by atoms with Crippen LogP contribution in [0, 0.1) is 19.8 Å². The maximum absolute atomic E-state index is 6.10. The Labute approximate surface area is 127 Å². The predicted octanol–water partition coefficient (Wildman–Crippen LogP) is 4.24. The van der Waals surface area contributed by atoms with Gasteiger partial charge in [0.05, 0.1) is 0 Å². The van der Waals surface area contributed by atoms with E-state index in [9.17, 15) is 0 Å². The summed E-state index contributed by atoms with van der Waals surface area (Å²) in [6.07, 6.45) is 1.90. The number of para-hydroxylation sites is 1. The number of rotatable bonds is 6. The van der Waals surface area contributed by atoms with Gasteiger partial charge in [0.25, 0.3) is 0 Å². The number of hydrogen-bond acceptors (Lipinski definition) is 3. The Bertz CT molecular complexity index is 594. The molecule has 0 atom stereocenters. The molecule has 0 saturated carbocycles. The SMILES string of the molecule is Cc1cc(Oc2ccccc2C)c(CNCC(C)C)cn1. The van der Waals surface area contributed by atoms with E-state index in [1.54, 1.807) is 0 Å². The van der Waals surface area contributed by atoms with Gasteiger partial charge >= 0.3 is 0 Å². The molecule has 0 radical (unpaired) electrons. The maximum Gasteiger partial charge on any atom is 0.135 e. The lowest BCUT2D eigenvalue weighted by Crippen LogP contribution is -2.19. The van der Waals surface area contributed by atoms with E-state index in [4.69, 9.17) is 4.74 Å². The van der Waals surface area contributed by atoms with Crippen LogP contribution in [0.2, 0.25) is 0 Å². The van der Waals surface area contributed by atoms with Crippen LogP contribution in [-0.4, -0.2) is 11.5 Å². The second-order valence-electron chi connectivity index (χ2n) is 5.83. The first kappa shape index (κ1) is 15.5. The van der Waals surface area contributed by atoms with E-state index in [2.05, 4.69) is 37.1 Å². The van der Waals surface area contributed by atoms with E-state index < -0.39 is 0 Å². The van der Waals surface area contributed by atoms with Crippen molar-refractivity contribution in [1.82, 2.24) is 10.3 Å². The highest BCUT2D eigenvalue weighted by molar-refractivity contribution is 5.40. The molecule has 0 aliphatic carbocycles. The van der Waals surface area contributed by atoms with Gasteiger partial charge in [-0.15, -0.1) is 0 Å². The molecule has 0 saturated heterocycles. The molecule has 0 spiro atoms. The molecule has 0 aliphatic heterocycles. The highest BCUT2D eigenvalue weighted by Crippen LogP contribution is 2.27. The molecule has 1 heterocycles. The third-order valence-corrected chi connectivity index (χ3v) is 3.26. The van der Waals surface area contributed by atoms with Crippen molar-refractivity contribution >= 4 is 0 Å². The highest BCUT2D eigenvalue weighted by atomic mass is 16.5. The molecule has 2 rings (SSSR count). The van der Waals surface area contributed by atoms with Crippen LogP contribution in [0.15, 0.2) is 36.5 Å². The summed E-state index contributed by atoms with van der Waals surface area (Å²) >= 11 is 0. The summed E-state index contributed by atoms with van der Waals surface area (Å²) < 4.78 is 6.10. The number of nitrogens with one attached hydrogen (secondary N) is 1. The van der Waals surface area contributed by atoms with Crippen molar-refractivity contribution in [2.24, 2.45) is 5.92 Å². The first-order valence-corrected chi connectivity index (χ1v) is 7.46. The molecule has 2 aromatic rings. The number of hydrogen-bond donors (Lipinski definition) is 1. The number of nitrogens with zero attached hydrogens (tertiary/aromatic N) is 1. The quantitative estimate of drug-likeness (QED) is 0.861. The van der Waals surface area contributed by atoms with Gasteiger partial charge in [-0.2, -0.15) is 0 Å². The van der Waals surface area contributed by atoms with E-state index in [0.29, 0.717) is 5.92 Å². The first-order valence-electron chi connectivity index (χ1n) is 7.46. The van der Waals surface area contributed by atoms with E-state index in [1.807, 2.05) is 37.4 Å². The highest BCUT2D eigenvalue weighted by Gasteiger charge is 2.08. The van der Waals surface area contributed by atoms with Gasteiger partial charge in [0.15, 0.2) is 0 Å². The molecule has 0 bridgehead atoms. The second kappa shape index (κ2) is 7.23. The third kappa shape index (κ3) is 4.57. The Morgan fingerprint density at radius 3 is 2.62 bits per heavy atom. The molecular formula is C18H24N2O. The van der Waals surface area contributed by atoms with Crippen molar-refractivity contribution in [3.05, 3.63) is 53.3 Å². The molecule has 3 nitrogen and oxygen atoms in total. The van der Waals surface area contributed by atoms with E-state index in [0.717, 1.165) is 41.4 Å². The van der Waals surface area contributed by atoms with Crippen LogP contribution >= 0.6 is 0 Å². The monoisotopic (exact) mass is 284 g/mol. The zero-order valence-corrected chi connectivity index (χ0v) is 13.3. The third-order valence-electron chi connectivity index (χ3n) is 3.26. The summed E-state index contributed by atoms with van der Waals surface area (Å²) in [6, 6.07) is 10.1. The molecule has 1 aromatic carbocycles. The van der Waals surface area contributed by atoms with Gasteiger partial charge in [-0.05, 0) is 37.9 Å². The Morgan fingerprint density at radius 2 is 1.90 bits per heavy atom. The van der Waals surface area contributed by atoms with Gasteiger partial charge in [-0.3, -0.25) is 4.98 Å². The average Bonchev–Trinajstić information content (AvgIpc) is 2.43. The second-order valence-corrected chi connectivity index (χ2v) is 5.83. The average molecular weight is 284 g/mol. The first-order chi connectivity index (χ1) is 10.1. The number of ether oxygens (including phenoxy) is 1. The van der Waals surface area contributed by atoms with Gasteiger partial charge < -0.3 is 10.1 Å². The molecule has 0 amide bonds. The predicted molar refractivity (Wildman–Crippen MR) is 86.8 cm³/mol. The minimum atomic E-state index is 0.629. The van der Waals surface area contributed by atoms with Crippen LogP contribution < -0.4 is 10.1 Å². The summed E-state index contributed by atoms with van der Waals surface area (Å²) in [5.41, 5.74) is 3.18. The van der Waals surface area contributed by atoms with E-state index in [-0.39, 0.29) is 0 Å². The minimum absolute atomic E-state index is 0.629. The summed E-state index contributed by atoms with van der Waals surface area (Å²) in [4.78, 5) is 4.38. The lowest BCUT2D eigenvalue weighted by atomic mass is 10.2. The molecule has 0 aliphatic rings. The number of aryl methyl sites for hydroxylation is 2. The van der Waals surface area contributed by atoms with Crippen LogP contribution in [0.5, 0.6) is 11.5 Å². The summed E-state index contributed by atoms with van der Waals surface area (Å²) in [5.74, 6) is 2.41. The van der Waals surface area contributed by atoms with Gasteiger partial charge in [-0.1, -0.05) is 32.0 Å². The summed E-state index contributed by atoms with van der Waals surface area (Å²) in [5, 5.41) is 3.44. The van der Waals surface area contributed by atoms with Crippen molar-refractivity contribution < 1.29 is 4.74 Å². The lowest BCUT2D eigenvalue weighted by Gasteiger charge is -2.14. The molecule has 21 heavy (non-hydrogen) atoms. The van der Waals surface area contributed by atoms with E-state index >= 15 is 0 Å².